The molecule has 4 aliphatic heterocycles. The van der Waals surface area contributed by atoms with E-state index in [9.17, 15) is 19.5 Å². The molecule has 1 spiro atoms. The number of carbonyl (C=O) groups is 3. The smallest absolute Gasteiger partial charge is 0.296 e. The Labute approximate surface area is 226 Å². The highest BCUT2D eigenvalue weighted by molar-refractivity contribution is 6.50. The molecule has 1 atom stereocenters. The molecule has 10 heteroatoms. The maximum absolute atomic E-state index is 14.5. The molecule has 39 heavy (non-hydrogen) atoms. The Hall–Kier alpha value is -3.89. The third-order valence-corrected chi connectivity index (χ3v) is 7.82. The molecule has 2 aromatic carbocycles. The minimum Gasteiger partial charge on any atom is -0.507 e. The summed E-state index contributed by atoms with van der Waals surface area (Å²) in [6.45, 7) is 6.30. The van der Waals surface area contributed by atoms with Gasteiger partial charge in [-0.15, -0.1) is 0 Å². The lowest BCUT2D eigenvalue weighted by atomic mass is 9.82. The van der Waals surface area contributed by atoms with E-state index in [1.165, 1.54) is 4.90 Å². The van der Waals surface area contributed by atoms with Crippen LogP contribution in [0.3, 0.4) is 0 Å². The number of aliphatic hydroxyl groups excluding tert-OH is 1. The molecule has 2 fully saturated rings. The summed E-state index contributed by atoms with van der Waals surface area (Å²) in [5, 5.41) is 11.7. The van der Waals surface area contributed by atoms with E-state index in [4.69, 9.17) is 14.2 Å². The third-order valence-electron chi connectivity index (χ3n) is 7.82. The van der Waals surface area contributed by atoms with E-state index >= 15 is 0 Å². The maximum atomic E-state index is 14.5. The van der Waals surface area contributed by atoms with E-state index in [1.807, 2.05) is 19.1 Å². The molecule has 1 N–H and O–H groups in total. The van der Waals surface area contributed by atoms with E-state index in [2.05, 4.69) is 4.90 Å². The van der Waals surface area contributed by atoms with E-state index in [1.54, 1.807) is 35.2 Å². The molecule has 0 aromatic heterocycles. The van der Waals surface area contributed by atoms with Gasteiger partial charge in [-0.05, 0) is 30.7 Å². The van der Waals surface area contributed by atoms with Crippen LogP contribution in [0.1, 0.15) is 24.5 Å². The number of ether oxygens (including phenoxy) is 3. The van der Waals surface area contributed by atoms with Crippen LogP contribution in [0.4, 0.5) is 5.69 Å². The first-order chi connectivity index (χ1) is 19.0. The minimum absolute atomic E-state index is 0.141. The standard InChI is InChI=1S/C29H31N3O7/c1-2-9-31-21-6-4-3-5-20(21)29(28(31)36)24(25(33)19-7-8-22-23(18-19)39-17-16-38-22)26(34)27(35)32(29)11-10-30-12-14-37-15-13-30/h3-8,18,33H,2,9-17H2,1H3/t29-/m0/s1. The van der Waals surface area contributed by atoms with Crippen molar-refractivity contribution in [2.75, 3.05) is 64.1 Å². The van der Waals surface area contributed by atoms with Crippen molar-refractivity contribution in [3.8, 4) is 11.5 Å². The summed E-state index contributed by atoms with van der Waals surface area (Å²) < 4.78 is 16.7. The number of likely N-dealkylation sites (tertiary alicyclic amines) is 1. The molecule has 204 valence electrons. The molecule has 10 nitrogen and oxygen atoms in total. The average molecular weight is 534 g/mol. The number of benzene rings is 2. The van der Waals surface area contributed by atoms with E-state index < -0.39 is 28.9 Å². The van der Waals surface area contributed by atoms with Gasteiger partial charge in [-0.2, -0.15) is 0 Å². The quantitative estimate of drug-likeness (QED) is 0.342. The second-order valence-electron chi connectivity index (χ2n) is 10.0. The predicted molar refractivity (Wildman–Crippen MR) is 142 cm³/mol. The Bertz CT molecular complexity index is 1370. The van der Waals surface area contributed by atoms with Gasteiger partial charge < -0.3 is 29.1 Å². The topological polar surface area (TPSA) is 109 Å². The summed E-state index contributed by atoms with van der Waals surface area (Å²) in [6, 6.07) is 12.0. The van der Waals surface area contributed by atoms with Crippen LogP contribution in [0.2, 0.25) is 0 Å². The molecular weight excluding hydrogens is 502 g/mol. The molecule has 0 saturated carbocycles. The van der Waals surface area contributed by atoms with Crippen LogP contribution in [0.25, 0.3) is 5.76 Å². The molecule has 0 unspecified atom stereocenters. The summed E-state index contributed by atoms with van der Waals surface area (Å²) in [6.07, 6.45) is 0.680. The van der Waals surface area contributed by atoms with Gasteiger partial charge in [0.25, 0.3) is 17.6 Å². The van der Waals surface area contributed by atoms with Gasteiger partial charge in [0.2, 0.25) is 0 Å². The van der Waals surface area contributed by atoms with Gasteiger partial charge in [0, 0.05) is 43.9 Å². The number of ketones is 1. The van der Waals surface area contributed by atoms with Gasteiger partial charge in [0.15, 0.2) is 17.0 Å². The second-order valence-corrected chi connectivity index (χ2v) is 10.0. The van der Waals surface area contributed by atoms with Gasteiger partial charge in [0.1, 0.15) is 19.0 Å². The molecule has 2 amide bonds. The minimum atomic E-state index is -1.77. The number of hydrogen-bond acceptors (Lipinski definition) is 8. The van der Waals surface area contributed by atoms with Gasteiger partial charge in [-0.25, -0.2) is 0 Å². The Morgan fingerprint density at radius 2 is 1.67 bits per heavy atom. The van der Waals surface area contributed by atoms with Crippen molar-refractivity contribution >= 4 is 29.0 Å². The van der Waals surface area contributed by atoms with Gasteiger partial charge in [0.05, 0.1) is 24.5 Å². The molecular formula is C29H31N3O7. The zero-order valence-corrected chi connectivity index (χ0v) is 21.9. The molecule has 4 heterocycles. The largest absolute Gasteiger partial charge is 0.507 e. The number of nitrogens with zero attached hydrogens (tertiary/aromatic N) is 3. The highest BCUT2D eigenvalue weighted by Gasteiger charge is 2.67. The van der Waals surface area contributed by atoms with Crippen molar-refractivity contribution in [1.29, 1.82) is 0 Å². The fourth-order valence-electron chi connectivity index (χ4n) is 6.01. The lowest BCUT2D eigenvalue weighted by molar-refractivity contribution is -0.144. The Morgan fingerprint density at radius 3 is 2.44 bits per heavy atom. The molecule has 2 saturated heterocycles. The summed E-state index contributed by atoms with van der Waals surface area (Å²) in [7, 11) is 0. The van der Waals surface area contributed by atoms with Crippen LogP contribution in [0, 0.1) is 0 Å². The van der Waals surface area contributed by atoms with Crippen molar-refractivity contribution in [2.24, 2.45) is 0 Å². The van der Waals surface area contributed by atoms with Crippen LogP contribution < -0.4 is 14.4 Å². The van der Waals surface area contributed by atoms with E-state index in [-0.39, 0.29) is 17.7 Å². The number of amides is 2. The molecule has 4 aliphatic rings. The monoisotopic (exact) mass is 533 g/mol. The number of hydrogen-bond donors (Lipinski definition) is 1. The number of Topliss-reactive ketones (excluding diaryl/α,β-unsaturated/α-hetero) is 1. The first-order valence-corrected chi connectivity index (χ1v) is 13.4. The average Bonchev–Trinajstić information content (AvgIpc) is 3.35. The first-order valence-electron chi connectivity index (χ1n) is 13.4. The highest BCUT2D eigenvalue weighted by Crippen LogP contribution is 2.53. The third kappa shape index (κ3) is 3.89. The number of carbonyl (C=O) groups excluding carboxylic acids is 3. The lowest BCUT2D eigenvalue weighted by Crippen LogP contribution is -2.54. The fourth-order valence-corrected chi connectivity index (χ4v) is 6.01. The molecule has 6 rings (SSSR count). The van der Waals surface area contributed by atoms with E-state index in [0.717, 1.165) is 0 Å². The van der Waals surface area contributed by atoms with Gasteiger partial charge in [-0.3, -0.25) is 19.3 Å². The molecule has 0 radical (unpaired) electrons. The highest BCUT2D eigenvalue weighted by atomic mass is 16.6. The first kappa shape index (κ1) is 25.4. The number of para-hydroxylation sites is 1. The lowest BCUT2D eigenvalue weighted by Gasteiger charge is -2.36. The summed E-state index contributed by atoms with van der Waals surface area (Å²) in [5.41, 5.74) is -0.575. The number of anilines is 1. The van der Waals surface area contributed by atoms with Crippen LogP contribution in [0.15, 0.2) is 48.0 Å². The van der Waals surface area contributed by atoms with Crippen molar-refractivity contribution in [3.63, 3.8) is 0 Å². The van der Waals surface area contributed by atoms with Crippen molar-refractivity contribution in [3.05, 3.63) is 59.2 Å². The fraction of sp³-hybridized carbons (Fsp3) is 0.414. The van der Waals surface area contributed by atoms with Gasteiger partial charge >= 0.3 is 0 Å². The molecule has 0 aliphatic carbocycles. The zero-order valence-electron chi connectivity index (χ0n) is 21.9. The van der Waals surface area contributed by atoms with Crippen LogP contribution in [-0.4, -0.2) is 91.7 Å². The summed E-state index contributed by atoms with van der Waals surface area (Å²) in [4.78, 5) is 47.1. The number of morpholine rings is 1. The number of aliphatic hydroxyl groups is 1. The Balaban J connectivity index is 1.53. The number of rotatable bonds is 6. The normalized spacial score (nSPS) is 24.1. The Kier molecular flexibility index (Phi) is 6.52. The molecule has 2 aromatic rings. The summed E-state index contributed by atoms with van der Waals surface area (Å²) >= 11 is 0. The van der Waals surface area contributed by atoms with Crippen molar-refractivity contribution in [2.45, 2.75) is 18.9 Å². The second kappa shape index (κ2) is 10.0. The van der Waals surface area contributed by atoms with Crippen LogP contribution in [0.5, 0.6) is 11.5 Å². The predicted octanol–water partition coefficient (Wildman–Crippen LogP) is 2.12. The van der Waals surface area contributed by atoms with Crippen LogP contribution >= 0.6 is 0 Å². The number of fused-ring (bicyclic) bond motifs is 3. The SMILES string of the molecule is CCCN1C(=O)[C@@]2(C(=C(O)c3ccc4c(c3)OCCO4)C(=O)C(=O)N2CCN2CCOCC2)c2ccccc21. The zero-order chi connectivity index (χ0) is 27.1. The molecule has 0 bridgehead atoms. The van der Waals surface area contributed by atoms with Crippen molar-refractivity contribution < 1.29 is 33.7 Å². The Morgan fingerprint density at radius 1 is 0.923 bits per heavy atom. The van der Waals surface area contributed by atoms with Gasteiger partial charge in [-0.1, -0.05) is 25.1 Å². The summed E-state index contributed by atoms with van der Waals surface area (Å²) in [5.74, 6) is -1.57. The van der Waals surface area contributed by atoms with Crippen LogP contribution in [-0.2, 0) is 24.7 Å². The van der Waals surface area contributed by atoms with E-state index in [0.29, 0.717) is 81.8 Å². The van der Waals surface area contributed by atoms with Crippen molar-refractivity contribution in [1.82, 2.24) is 9.80 Å². The maximum Gasteiger partial charge on any atom is 0.296 e.